The van der Waals surface area contributed by atoms with E-state index in [-0.39, 0.29) is 17.9 Å². The number of H-pyrrole nitrogens is 1. The molecule has 0 bridgehead atoms. The molecule has 2 aromatic heterocycles. The van der Waals surface area contributed by atoms with E-state index in [1.807, 2.05) is 6.07 Å². The second-order valence-corrected chi connectivity index (χ2v) is 5.90. The van der Waals surface area contributed by atoms with Crippen molar-refractivity contribution in [3.63, 3.8) is 0 Å². The fourth-order valence-corrected chi connectivity index (χ4v) is 2.33. The SMILES string of the molecule is CN(Cc1cc(C2CC2)on1)C(=O)Cc1c[nH]c(=O)n(C)c1=O. The zero-order valence-electron chi connectivity index (χ0n) is 13.0. The normalized spacial score (nSPS) is 14.0. The second-order valence-electron chi connectivity index (χ2n) is 5.90. The molecule has 1 fully saturated rings. The summed E-state index contributed by atoms with van der Waals surface area (Å²) in [6.45, 7) is 0.318. The van der Waals surface area contributed by atoms with Crippen molar-refractivity contribution in [2.75, 3.05) is 7.05 Å². The largest absolute Gasteiger partial charge is 0.361 e. The Labute approximate surface area is 131 Å². The fourth-order valence-electron chi connectivity index (χ4n) is 2.33. The van der Waals surface area contributed by atoms with Crippen molar-refractivity contribution in [1.29, 1.82) is 0 Å². The molecule has 0 aliphatic heterocycles. The Bertz CT molecular complexity index is 844. The quantitative estimate of drug-likeness (QED) is 0.845. The number of aromatic nitrogens is 3. The molecule has 0 unspecified atom stereocenters. The molecule has 2 heterocycles. The van der Waals surface area contributed by atoms with E-state index in [1.54, 1.807) is 7.05 Å². The van der Waals surface area contributed by atoms with Crippen LogP contribution in [0.25, 0.3) is 0 Å². The molecule has 0 aromatic carbocycles. The van der Waals surface area contributed by atoms with Gasteiger partial charge >= 0.3 is 5.69 Å². The Morgan fingerprint density at radius 2 is 2.22 bits per heavy atom. The Hall–Kier alpha value is -2.64. The smallest absolute Gasteiger partial charge is 0.328 e. The average Bonchev–Trinajstić information content (AvgIpc) is 3.28. The van der Waals surface area contributed by atoms with Gasteiger partial charge in [0.05, 0.1) is 13.0 Å². The summed E-state index contributed by atoms with van der Waals surface area (Å²) in [5.41, 5.74) is -0.0254. The van der Waals surface area contributed by atoms with Crippen LogP contribution in [0.4, 0.5) is 0 Å². The highest BCUT2D eigenvalue weighted by molar-refractivity contribution is 5.78. The van der Waals surface area contributed by atoms with Crippen LogP contribution in [-0.2, 0) is 24.8 Å². The third-order valence-electron chi connectivity index (χ3n) is 3.98. The number of likely N-dealkylation sites (N-methyl/N-ethyl adjacent to an activating group) is 1. The van der Waals surface area contributed by atoms with Crippen molar-refractivity contribution in [1.82, 2.24) is 19.6 Å². The molecule has 8 nitrogen and oxygen atoms in total. The number of nitrogens with zero attached hydrogens (tertiary/aromatic N) is 3. The van der Waals surface area contributed by atoms with Gasteiger partial charge in [0.1, 0.15) is 11.5 Å². The number of aromatic amines is 1. The minimum atomic E-state index is -0.505. The van der Waals surface area contributed by atoms with Crippen LogP contribution in [0.3, 0.4) is 0 Å². The van der Waals surface area contributed by atoms with Gasteiger partial charge in [0.15, 0.2) is 0 Å². The second kappa shape index (κ2) is 5.86. The molecule has 1 amide bonds. The molecule has 2 aromatic rings. The number of carbonyl (C=O) groups is 1. The number of rotatable bonds is 5. The number of nitrogens with one attached hydrogen (secondary N) is 1. The molecule has 0 atom stereocenters. The van der Waals surface area contributed by atoms with E-state index in [0.717, 1.165) is 23.2 Å². The van der Waals surface area contributed by atoms with Gasteiger partial charge in [-0.25, -0.2) is 4.79 Å². The maximum atomic E-state index is 12.2. The molecule has 0 saturated heterocycles. The average molecular weight is 318 g/mol. The highest BCUT2D eigenvalue weighted by atomic mass is 16.5. The number of carbonyl (C=O) groups excluding carboxylic acids is 1. The lowest BCUT2D eigenvalue weighted by molar-refractivity contribution is -0.129. The summed E-state index contributed by atoms with van der Waals surface area (Å²) in [5, 5.41) is 3.97. The molecule has 8 heteroatoms. The summed E-state index contributed by atoms with van der Waals surface area (Å²) in [4.78, 5) is 39.4. The van der Waals surface area contributed by atoms with E-state index in [0.29, 0.717) is 18.2 Å². The molecule has 23 heavy (non-hydrogen) atoms. The van der Waals surface area contributed by atoms with Gasteiger partial charge in [-0.2, -0.15) is 0 Å². The summed E-state index contributed by atoms with van der Waals surface area (Å²) in [6, 6.07) is 1.88. The van der Waals surface area contributed by atoms with Crippen LogP contribution < -0.4 is 11.2 Å². The van der Waals surface area contributed by atoms with E-state index in [9.17, 15) is 14.4 Å². The van der Waals surface area contributed by atoms with Crippen LogP contribution in [0.2, 0.25) is 0 Å². The lowest BCUT2D eigenvalue weighted by Crippen LogP contribution is -2.37. The fraction of sp³-hybridized carbons (Fsp3) is 0.467. The summed E-state index contributed by atoms with van der Waals surface area (Å²) in [6.07, 6.45) is 3.46. The standard InChI is InChI=1S/C15H18N4O4/c1-18(8-11-6-12(23-17-11)9-3-4-9)13(20)5-10-7-16-15(22)19(2)14(10)21/h6-7,9H,3-5,8H2,1-2H3,(H,16,22). The van der Waals surface area contributed by atoms with Crippen LogP contribution >= 0.6 is 0 Å². The van der Waals surface area contributed by atoms with E-state index in [1.165, 1.54) is 18.1 Å². The molecule has 122 valence electrons. The predicted molar refractivity (Wildman–Crippen MR) is 81.0 cm³/mol. The molecule has 1 N–H and O–H groups in total. The van der Waals surface area contributed by atoms with Crippen LogP contribution in [-0.4, -0.2) is 32.6 Å². The first-order valence-corrected chi connectivity index (χ1v) is 7.42. The molecular formula is C15H18N4O4. The lowest BCUT2D eigenvalue weighted by atomic mass is 10.2. The summed E-state index contributed by atoms with van der Waals surface area (Å²) in [5.74, 6) is 1.11. The molecule has 1 aliphatic rings. The van der Waals surface area contributed by atoms with Gasteiger partial charge in [-0.1, -0.05) is 5.16 Å². The summed E-state index contributed by atoms with van der Waals surface area (Å²) in [7, 11) is 3.01. The van der Waals surface area contributed by atoms with Gasteiger partial charge in [0.25, 0.3) is 5.56 Å². The Kier molecular flexibility index (Phi) is 3.89. The van der Waals surface area contributed by atoms with Gasteiger partial charge in [0, 0.05) is 37.8 Å². The first-order chi connectivity index (χ1) is 11.0. The van der Waals surface area contributed by atoms with Crippen molar-refractivity contribution < 1.29 is 9.32 Å². The molecule has 3 rings (SSSR count). The highest BCUT2D eigenvalue weighted by Crippen LogP contribution is 2.40. The topological polar surface area (TPSA) is 101 Å². The monoisotopic (exact) mass is 318 g/mol. The van der Waals surface area contributed by atoms with Crippen molar-refractivity contribution in [2.45, 2.75) is 31.7 Å². The minimum Gasteiger partial charge on any atom is -0.361 e. The lowest BCUT2D eigenvalue weighted by Gasteiger charge is -2.15. The van der Waals surface area contributed by atoms with Gasteiger partial charge < -0.3 is 14.4 Å². The van der Waals surface area contributed by atoms with Crippen LogP contribution in [0.15, 0.2) is 26.4 Å². The number of hydrogen-bond donors (Lipinski definition) is 1. The van der Waals surface area contributed by atoms with E-state index < -0.39 is 11.2 Å². The van der Waals surface area contributed by atoms with E-state index >= 15 is 0 Å². The van der Waals surface area contributed by atoms with Crippen molar-refractivity contribution in [3.05, 3.63) is 50.1 Å². The molecule has 0 radical (unpaired) electrons. The van der Waals surface area contributed by atoms with Crippen LogP contribution in [0, 0.1) is 0 Å². The van der Waals surface area contributed by atoms with Crippen LogP contribution in [0.1, 0.15) is 35.8 Å². The first-order valence-electron chi connectivity index (χ1n) is 7.42. The third kappa shape index (κ3) is 3.25. The van der Waals surface area contributed by atoms with Gasteiger partial charge in [-0.15, -0.1) is 0 Å². The van der Waals surface area contributed by atoms with Gasteiger partial charge in [-0.3, -0.25) is 14.2 Å². The van der Waals surface area contributed by atoms with Crippen molar-refractivity contribution in [3.8, 4) is 0 Å². The Morgan fingerprint density at radius 3 is 2.91 bits per heavy atom. The maximum Gasteiger partial charge on any atom is 0.328 e. The van der Waals surface area contributed by atoms with Crippen LogP contribution in [0.5, 0.6) is 0 Å². The molecule has 0 spiro atoms. The number of amides is 1. The zero-order chi connectivity index (χ0) is 16.6. The van der Waals surface area contributed by atoms with Crippen molar-refractivity contribution >= 4 is 5.91 Å². The highest BCUT2D eigenvalue weighted by Gasteiger charge is 2.28. The Morgan fingerprint density at radius 1 is 1.48 bits per heavy atom. The van der Waals surface area contributed by atoms with E-state index in [4.69, 9.17) is 4.52 Å². The third-order valence-corrected chi connectivity index (χ3v) is 3.98. The van der Waals surface area contributed by atoms with Gasteiger partial charge in [-0.05, 0) is 12.8 Å². The predicted octanol–water partition coefficient (Wildman–Crippen LogP) is 0.140. The van der Waals surface area contributed by atoms with Crippen molar-refractivity contribution in [2.24, 2.45) is 7.05 Å². The van der Waals surface area contributed by atoms with Gasteiger partial charge in [0.2, 0.25) is 5.91 Å². The zero-order valence-corrected chi connectivity index (χ0v) is 13.0. The summed E-state index contributed by atoms with van der Waals surface area (Å²) >= 11 is 0. The minimum absolute atomic E-state index is 0.0761. The maximum absolute atomic E-state index is 12.2. The number of hydrogen-bond acceptors (Lipinski definition) is 5. The molecule has 1 saturated carbocycles. The van der Waals surface area contributed by atoms with E-state index in [2.05, 4.69) is 10.1 Å². The Balaban J connectivity index is 1.66. The molecular weight excluding hydrogens is 300 g/mol. The first kappa shape index (κ1) is 15.3. The summed E-state index contributed by atoms with van der Waals surface area (Å²) < 4.78 is 6.20. The molecule has 1 aliphatic carbocycles.